The maximum atomic E-state index is 13.4. The molecular formula is C30H34N2O6. The number of benzene rings is 2. The molecule has 4 rings (SSSR count). The average molecular weight is 519 g/mol. The predicted octanol–water partition coefficient (Wildman–Crippen LogP) is 3.88. The molecule has 0 radical (unpaired) electrons. The van der Waals surface area contributed by atoms with Gasteiger partial charge in [-0.15, -0.1) is 0 Å². The Balaban J connectivity index is 1.71. The van der Waals surface area contributed by atoms with Crippen molar-refractivity contribution in [2.75, 3.05) is 52.6 Å². The molecule has 200 valence electrons. The fourth-order valence-corrected chi connectivity index (χ4v) is 4.72. The molecule has 0 bridgehead atoms. The number of likely N-dealkylation sites (tertiary alicyclic amines) is 1. The molecule has 2 aromatic carbocycles. The molecule has 2 aliphatic heterocycles. The Bertz CT molecular complexity index is 1210. The maximum absolute atomic E-state index is 13.4. The number of aliphatic hydroxyl groups is 1. The van der Waals surface area contributed by atoms with Gasteiger partial charge in [0.15, 0.2) is 0 Å². The molecule has 38 heavy (non-hydrogen) atoms. The lowest BCUT2D eigenvalue weighted by Gasteiger charge is -2.31. The summed E-state index contributed by atoms with van der Waals surface area (Å²) in [7, 11) is 0. The Labute approximate surface area is 223 Å². The highest BCUT2D eigenvalue weighted by atomic mass is 16.5. The minimum atomic E-state index is -0.736. The van der Waals surface area contributed by atoms with E-state index >= 15 is 0 Å². The number of Topliss-reactive ketones (excluding diaryl/α,β-unsaturated/α-hetero) is 1. The largest absolute Gasteiger partial charge is 0.507 e. The van der Waals surface area contributed by atoms with Crippen LogP contribution in [0.1, 0.15) is 22.7 Å². The van der Waals surface area contributed by atoms with Gasteiger partial charge in [0.05, 0.1) is 24.8 Å². The molecule has 0 aromatic heterocycles. The van der Waals surface area contributed by atoms with E-state index in [1.54, 1.807) is 47.4 Å². The zero-order chi connectivity index (χ0) is 27.1. The first-order valence-electron chi connectivity index (χ1n) is 12.7. The number of aliphatic hydroxyl groups excluding tert-OH is 1. The van der Waals surface area contributed by atoms with E-state index in [1.807, 2.05) is 19.1 Å². The summed E-state index contributed by atoms with van der Waals surface area (Å²) in [6, 6.07) is 11.7. The van der Waals surface area contributed by atoms with E-state index in [9.17, 15) is 14.7 Å². The number of carbonyl (C=O) groups excluding carboxylic acids is 2. The molecule has 8 nitrogen and oxygen atoms in total. The Morgan fingerprint density at radius 1 is 1.00 bits per heavy atom. The first kappa shape index (κ1) is 27.2. The summed E-state index contributed by atoms with van der Waals surface area (Å²) < 4.78 is 16.6. The minimum absolute atomic E-state index is 0.0691. The molecule has 1 N–H and O–H groups in total. The molecule has 1 amide bonds. The van der Waals surface area contributed by atoms with Crippen molar-refractivity contribution >= 4 is 17.4 Å². The summed E-state index contributed by atoms with van der Waals surface area (Å²) in [5.74, 6) is -0.267. The SMILES string of the molecule is C=CCOc1ccc([C@H]2C(=C(O)c3ccc(OCC=C)cc3C)C(=O)C(=O)N2CCN2CCOCC2)cc1. The third-order valence-corrected chi connectivity index (χ3v) is 6.69. The second-order valence-electron chi connectivity index (χ2n) is 9.19. The van der Waals surface area contributed by atoms with E-state index in [-0.39, 0.29) is 11.3 Å². The van der Waals surface area contributed by atoms with Gasteiger partial charge in [-0.25, -0.2) is 0 Å². The Kier molecular flexibility index (Phi) is 8.99. The quantitative estimate of drug-likeness (QED) is 0.209. The number of hydrogen-bond donors (Lipinski definition) is 1. The lowest BCUT2D eigenvalue weighted by atomic mass is 9.94. The highest BCUT2D eigenvalue weighted by Crippen LogP contribution is 2.40. The smallest absolute Gasteiger partial charge is 0.295 e. The monoisotopic (exact) mass is 518 g/mol. The maximum Gasteiger partial charge on any atom is 0.295 e. The fourth-order valence-electron chi connectivity index (χ4n) is 4.72. The Morgan fingerprint density at radius 2 is 1.63 bits per heavy atom. The van der Waals surface area contributed by atoms with Gasteiger partial charge in [-0.2, -0.15) is 0 Å². The zero-order valence-electron chi connectivity index (χ0n) is 21.7. The van der Waals surface area contributed by atoms with Gasteiger partial charge in [-0.3, -0.25) is 14.5 Å². The van der Waals surface area contributed by atoms with Gasteiger partial charge in [0, 0.05) is 31.7 Å². The number of aryl methyl sites for hydroxylation is 1. The van der Waals surface area contributed by atoms with Crippen LogP contribution in [0.2, 0.25) is 0 Å². The van der Waals surface area contributed by atoms with Crippen LogP contribution in [0.15, 0.2) is 73.3 Å². The molecule has 0 unspecified atom stereocenters. The number of nitrogens with zero attached hydrogens (tertiary/aromatic N) is 2. The topological polar surface area (TPSA) is 88.5 Å². The van der Waals surface area contributed by atoms with Crippen molar-refractivity contribution in [3.05, 3.63) is 90.0 Å². The van der Waals surface area contributed by atoms with Crippen molar-refractivity contribution < 1.29 is 28.9 Å². The number of carbonyl (C=O) groups is 2. The summed E-state index contributed by atoms with van der Waals surface area (Å²) >= 11 is 0. The number of ketones is 1. The van der Waals surface area contributed by atoms with Crippen molar-refractivity contribution in [3.63, 3.8) is 0 Å². The van der Waals surface area contributed by atoms with Gasteiger partial charge >= 0.3 is 0 Å². The van der Waals surface area contributed by atoms with Crippen LogP contribution in [0.4, 0.5) is 0 Å². The van der Waals surface area contributed by atoms with Crippen molar-refractivity contribution in [1.82, 2.24) is 9.80 Å². The van der Waals surface area contributed by atoms with Gasteiger partial charge in [-0.1, -0.05) is 37.4 Å². The molecule has 0 saturated carbocycles. The lowest BCUT2D eigenvalue weighted by Crippen LogP contribution is -2.42. The average Bonchev–Trinajstić information content (AvgIpc) is 3.19. The summed E-state index contributed by atoms with van der Waals surface area (Å²) in [5.41, 5.74) is 1.97. The predicted molar refractivity (Wildman–Crippen MR) is 145 cm³/mol. The van der Waals surface area contributed by atoms with E-state index < -0.39 is 17.7 Å². The standard InChI is InChI=1S/C30H34N2O6/c1-4-16-37-23-8-6-22(7-9-23)27-26(28(33)25-11-10-24(20-21(25)3)38-17-5-2)29(34)30(35)32(27)13-12-31-14-18-36-19-15-31/h4-11,20,27,33H,1-2,12-19H2,3H3/t27-/m0/s1. The number of amides is 1. The van der Waals surface area contributed by atoms with Gasteiger partial charge < -0.3 is 24.2 Å². The van der Waals surface area contributed by atoms with Crippen LogP contribution in [0, 0.1) is 6.92 Å². The highest BCUT2D eigenvalue weighted by molar-refractivity contribution is 6.46. The van der Waals surface area contributed by atoms with E-state index in [1.165, 1.54) is 0 Å². The summed E-state index contributed by atoms with van der Waals surface area (Å²) in [6.45, 7) is 13.6. The normalized spacial score (nSPS) is 19.4. The molecule has 2 fully saturated rings. The van der Waals surface area contributed by atoms with Crippen molar-refractivity contribution in [1.29, 1.82) is 0 Å². The number of hydrogen-bond acceptors (Lipinski definition) is 7. The zero-order valence-corrected chi connectivity index (χ0v) is 21.7. The van der Waals surface area contributed by atoms with Crippen LogP contribution in [-0.2, 0) is 14.3 Å². The van der Waals surface area contributed by atoms with Crippen molar-refractivity contribution in [3.8, 4) is 11.5 Å². The first-order chi connectivity index (χ1) is 18.4. The van der Waals surface area contributed by atoms with Crippen LogP contribution < -0.4 is 9.47 Å². The molecule has 8 heteroatoms. The van der Waals surface area contributed by atoms with Gasteiger partial charge in [0.1, 0.15) is 30.5 Å². The van der Waals surface area contributed by atoms with Crippen LogP contribution in [0.25, 0.3) is 5.76 Å². The third-order valence-electron chi connectivity index (χ3n) is 6.69. The molecule has 2 aromatic rings. The Hall–Kier alpha value is -3.88. The second-order valence-corrected chi connectivity index (χ2v) is 9.19. The molecule has 0 spiro atoms. The van der Waals surface area contributed by atoms with Gasteiger partial charge in [0.25, 0.3) is 11.7 Å². The minimum Gasteiger partial charge on any atom is -0.507 e. The summed E-state index contributed by atoms with van der Waals surface area (Å²) in [4.78, 5) is 30.4. The van der Waals surface area contributed by atoms with Crippen LogP contribution >= 0.6 is 0 Å². The Morgan fingerprint density at radius 3 is 2.26 bits per heavy atom. The number of morpholine rings is 1. The van der Waals surface area contributed by atoms with Gasteiger partial charge in [0.2, 0.25) is 0 Å². The molecule has 2 saturated heterocycles. The molecule has 2 heterocycles. The van der Waals surface area contributed by atoms with Crippen LogP contribution in [0.5, 0.6) is 11.5 Å². The molecular weight excluding hydrogens is 484 g/mol. The lowest BCUT2D eigenvalue weighted by molar-refractivity contribution is -0.140. The molecule has 1 atom stereocenters. The van der Waals surface area contributed by atoms with Gasteiger partial charge in [-0.05, 0) is 48.4 Å². The second kappa shape index (κ2) is 12.6. The van der Waals surface area contributed by atoms with E-state index in [0.717, 1.165) is 18.7 Å². The first-order valence-corrected chi connectivity index (χ1v) is 12.7. The van der Waals surface area contributed by atoms with E-state index in [4.69, 9.17) is 14.2 Å². The van der Waals surface area contributed by atoms with Crippen LogP contribution in [-0.4, -0.2) is 79.2 Å². The van der Waals surface area contributed by atoms with E-state index in [0.29, 0.717) is 62.1 Å². The number of ether oxygens (including phenoxy) is 3. The number of rotatable bonds is 11. The highest BCUT2D eigenvalue weighted by Gasteiger charge is 2.46. The fraction of sp³-hybridized carbons (Fsp3) is 0.333. The third kappa shape index (κ3) is 5.98. The van der Waals surface area contributed by atoms with Crippen LogP contribution in [0.3, 0.4) is 0 Å². The molecule has 2 aliphatic rings. The summed E-state index contributed by atoms with van der Waals surface area (Å²) in [5, 5.41) is 11.5. The van der Waals surface area contributed by atoms with E-state index in [2.05, 4.69) is 18.1 Å². The van der Waals surface area contributed by atoms with Crippen molar-refractivity contribution in [2.45, 2.75) is 13.0 Å². The summed E-state index contributed by atoms with van der Waals surface area (Å²) in [6.07, 6.45) is 3.31. The molecule has 0 aliphatic carbocycles. The van der Waals surface area contributed by atoms with Crippen molar-refractivity contribution in [2.24, 2.45) is 0 Å².